The van der Waals surface area contributed by atoms with Gasteiger partial charge in [0.15, 0.2) is 5.82 Å². The standard InChI is InChI=1S/C15H9ClFN5O2/c16-13-10-1-3-18-14(10)19-7-11(13)8-2-4-22-9(5-8)6-12(21-22)20-15(23)24-17/h1-7H,(H,18,19)(H,20,21,23). The Bertz CT molecular complexity index is 1070. The minimum atomic E-state index is -1.23. The number of nitrogens with one attached hydrogen (secondary N) is 2. The molecule has 0 aliphatic rings. The third kappa shape index (κ3) is 2.33. The van der Waals surface area contributed by atoms with Crippen molar-refractivity contribution in [2.75, 3.05) is 5.32 Å². The van der Waals surface area contributed by atoms with E-state index in [4.69, 9.17) is 11.6 Å². The second-order valence-corrected chi connectivity index (χ2v) is 5.41. The lowest BCUT2D eigenvalue weighted by molar-refractivity contribution is -0.0544. The molecule has 0 aromatic carbocycles. The van der Waals surface area contributed by atoms with Gasteiger partial charge in [0.1, 0.15) is 5.65 Å². The summed E-state index contributed by atoms with van der Waals surface area (Å²) in [5, 5.41) is 7.66. The number of H-pyrrole nitrogens is 1. The molecule has 0 bridgehead atoms. The summed E-state index contributed by atoms with van der Waals surface area (Å²) < 4.78 is 13.3. The first-order chi connectivity index (χ1) is 11.7. The monoisotopic (exact) mass is 345 g/mol. The Kier molecular flexibility index (Phi) is 3.31. The molecule has 0 aliphatic heterocycles. The number of carbonyl (C=O) groups excluding carboxylic acids is 1. The molecule has 4 heterocycles. The maximum atomic E-state index is 11.8. The summed E-state index contributed by atoms with van der Waals surface area (Å²) in [4.78, 5) is 21.3. The Morgan fingerprint density at radius 1 is 1.38 bits per heavy atom. The highest BCUT2D eigenvalue weighted by Gasteiger charge is 2.12. The van der Waals surface area contributed by atoms with Crippen molar-refractivity contribution < 1.29 is 14.3 Å². The van der Waals surface area contributed by atoms with E-state index in [9.17, 15) is 9.32 Å². The van der Waals surface area contributed by atoms with E-state index in [-0.39, 0.29) is 5.82 Å². The van der Waals surface area contributed by atoms with Crippen LogP contribution in [0.2, 0.25) is 5.02 Å². The van der Waals surface area contributed by atoms with Gasteiger partial charge in [0.05, 0.1) is 10.5 Å². The molecule has 4 rings (SSSR count). The SMILES string of the molecule is O=C(Nc1cc2cc(-c3cnc4[nH]ccc4c3Cl)ccn2n1)OF. The quantitative estimate of drug-likeness (QED) is 0.576. The molecule has 9 heteroatoms. The molecule has 2 N–H and O–H groups in total. The third-order valence-electron chi connectivity index (χ3n) is 3.60. The van der Waals surface area contributed by atoms with Crippen LogP contribution in [0.25, 0.3) is 27.7 Å². The summed E-state index contributed by atoms with van der Waals surface area (Å²) in [6.07, 6.45) is 3.93. The summed E-state index contributed by atoms with van der Waals surface area (Å²) in [7, 11) is 0. The van der Waals surface area contributed by atoms with Gasteiger partial charge in [-0.2, -0.15) is 0 Å². The Balaban J connectivity index is 1.78. The van der Waals surface area contributed by atoms with Gasteiger partial charge >= 0.3 is 6.09 Å². The average Bonchev–Trinajstić information content (AvgIpc) is 3.20. The fraction of sp³-hybridized carbons (Fsp3) is 0. The van der Waals surface area contributed by atoms with Crippen molar-refractivity contribution >= 4 is 40.1 Å². The van der Waals surface area contributed by atoms with E-state index in [1.165, 1.54) is 4.52 Å². The number of pyridine rings is 2. The van der Waals surface area contributed by atoms with Gasteiger partial charge in [0, 0.05) is 40.1 Å². The maximum Gasteiger partial charge on any atom is 0.450 e. The number of amides is 1. The van der Waals surface area contributed by atoms with E-state index in [0.29, 0.717) is 16.2 Å². The van der Waals surface area contributed by atoms with Crippen LogP contribution in [0.3, 0.4) is 0 Å². The van der Waals surface area contributed by atoms with Gasteiger partial charge in [0.2, 0.25) is 0 Å². The molecule has 0 saturated carbocycles. The molecule has 0 spiro atoms. The van der Waals surface area contributed by atoms with E-state index in [0.717, 1.165) is 16.5 Å². The van der Waals surface area contributed by atoms with E-state index in [1.54, 1.807) is 24.7 Å². The van der Waals surface area contributed by atoms with Crippen molar-refractivity contribution in [1.29, 1.82) is 0 Å². The van der Waals surface area contributed by atoms with Crippen molar-refractivity contribution in [2.24, 2.45) is 0 Å². The number of aromatic amines is 1. The summed E-state index contributed by atoms with van der Waals surface area (Å²) >= 11 is 6.46. The molecule has 24 heavy (non-hydrogen) atoms. The number of rotatable bonds is 2. The van der Waals surface area contributed by atoms with E-state index >= 15 is 0 Å². The number of halogens is 2. The third-order valence-corrected chi connectivity index (χ3v) is 4.00. The molecular weight excluding hydrogens is 337 g/mol. The van der Waals surface area contributed by atoms with Crippen LogP contribution in [0.4, 0.5) is 15.1 Å². The number of anilines is 1. The molecule has 0 saturated heterocycles. The van der Waals surface area contributed by atoms with Crippen LogP contribution in [0.5, 0.6) is 0 Å². The van der Waals surface area contributed by atoms with Gasteiger partial charge in [0.25, 0.3) is 0 Å². The number of nitrogens with zero attached hydrogens (tertiary/aromatic N) is 3. The molecule has 0 unspecified atom stereocenters. The second-order valence-electron chi connectivity index (χ2n) is 5.03. The summed E-state index contributed by atoms with van der Waals surface area (Å²) in [5.41, 5.74) is 3.00. The molecule has 0 fully saturated rings. The largest absolute Gasteiger partial charge is 0.450 e. The first kappa shape index (κ1) is 14.5. The maximum absolute atomic E-state index is 11.8. The Hall–Kier alpha value is -3.13. The molecule has 0 radical (unpaired) electrons. The normalized spacial score (nSPS) is 11.1. The summed E-state index contributed by atoms with van der Waals surface area (Å²) in [6.45, 7) is 0. The molecular formula is C15H9ClFN5O2. The van der Waals surface area contributed by atoms with Crippen LogP contribution in [0.15, 0.2) is 42.9 Å². The van der Waals surface area contributed by atoms with Crippen molar-refractivity contribution in [3.8, 4) is 11.1 Å². The zero-order valence-corrected chi connectivity index (χ0v) is 12.7. The van der Waals surface area contributed by atoms with Gasteiger partial charge in [-0.25, -0.2) is 19.2 Å². The first-order valence-corrected chi connectivity index (χ1v) is 7.24. The van der Waals surface area contributed by atoms with Gasteiger partial charge in [-0.15, -0.1) is 5.10 Å². The first-order valence-electron chi connectivity index (χ1n) is 6.86. The van der Waals surface area contributed by atoms with Crippen LogP contribution in [0.1, 0.15) is 0 Å². The molecule has 0 aliphatic carbocycles. The average molecular weight is 346 g/mol. The topological polar surface area (TPSA) is 84.3 Å². The summed E-state index contributed by atoms with van der Waals surface area (Å²) in [6, 6.07) is 7.09. The van der Waals surface area contributed by atoms with E-state index in [1.807, 2.05) is 18.2 Å². The highest BCUT2D eigenvalue weighted by atomic mass is 35.5. The molecule has 7 nitrogen and oxygen atoms in total. The van der Waals surface area contributed by atoms with E-state index < -0.39 is 6.09 Å². The summed E-state index contributed by atoms with van der Waals surface area (Å²) in [5.74, 6) is 0.167. The zero-order chi connectivity index (χ0) is 16.7. The van der Waals surface area contributed by atoms with Gasteiger partial charge < -0.3 is 4.98 Å². The predicted octanol–water partition coefficient (Wildman–Crippen LogP) is 3.96. The minimum absolute atomic E-state index is 0.167. The highest BCUT2D eigenvalue weighted by molar-refractivity contribution is 6.38. The Morgan fingerprint density at radius 3 is 3.08 bits per heavy atom. The van der Waals surface area contributed by atoms with Crippen molar-refractivity contribution in [2.45, 2.75) is 0 Å². The second kappa shape index (κ2) is 5.50. The van der Waals surface area contributed by atoms with Crippen LogP contribution < -0.4 is 5.32 Å². The van der Waals surface area contributed by atoms with Gasteiger partial charge in [-0.05, 0) is 23.8 Å². The number of aromatic nitrogens is 4. The molecule has 1 amide bonds. The molecule has 4 aromatic heterocycles. The van der Waals surface area contributed by atoms with Crippen LogP contribution in [-0.4, -0.2) is 25.7 Å². The fourth-order valence-electron chi connectivity index (χ4n) is 2.52. The fourth-order valence-corrected chi connectivity index (χ4v) is 2.83. The minimum Gasteiger partial charge on any atom is -0.346 e. The number of carbonyl (C=O) groups is 1. The van der Waals surface area contributed by atoms with Gasteiger partial charge in [-0.3, -0.25) is 5.32 Å². The highest BCUT2D eigenvalue weighted by Crippen LogP contribution is 2.33. The molecule has 0 atom stereocenters. The Labute approximate surface area is 138 Å². The van der Waals surface area contributed by atoms with Crippen molar-refractivity contribution in [1.82, 2.24) is 19.6 Å². The van der Waals surface area contributed by atoms with Gasteiger partial charge in [-0.1, -0.05) is 11.6 Å². The lowest BCUT2D eigenvalue weighted by Crippen LogP contribution is -2.09. The predicted molar refractivity (Wildman–Crippen MR) is 86.5 cm³/mol. The number of hydrogen-bond donors (Lipinski definition) is 2. The molecule has 120 valence electrons. The lowest BCUT2D eigenvalue weighted by atomic mass is 10.1. The van der Waals surface area contributed by atoms with Crippen LogP contribution >= 0.6 is 11.6 Å². The number of fused-ring (bicyclic) bond motifs is 2. The van der Waals surface area contributed by atoms with Crippen LogP contribution in [0, 0.1) is 0 Å². The zero-order valence-electron chi connectivity index (χ0n) is 12.0. The van der Waals surface area contributed by atoms with Crippen molar-refractivity contribution in [3.05, 3.63) is 47.9 Å². The Morgan fingerprint density at radius 2 is 2.25 bits per heavy atom. The smallest absolute Gasteiger partial charge is 0.346 e. The van der Waals surface area contributed by atoms with Crippen molar-refractivity contribution in [3.63, 3.8) is 0 Å². The molecule has 4 aromatic rings. The lowest BCUT2D eigenvalue weighted by Gasteiger charge is -2.05. The van der Waals surface area contributed by atoms with E-state index in [2.05, 4.69) is 25.3 Å². The van der Waals surface area contributed by atoms with Crippen LogP contribution in [-0.2, 0) is 4.94 Å². The number of hydrogen-bond acceptors (Lipinski definition) is 4.